The van der Waals surface area contributed by atoms with Gasteiger partial charge in [0.2, 0.25) is 0 Å². The van der Waals surface area contributed by atoms with Gasteiger partial charge in [-0.05, 0) is 53.0 Å². The van der Waals surface area contributed by atoms with Crippen molar-refractivity contribution < 1.29 is 0 Å². The molecule has 1 heterocycles. The fourth-order valence-electron chi connectivity index (χ4n) is 2.42. The van der Waals surface area contributed by atoms with Crippen LogP contribution in [0.25, 0.3) is 0 Å². The Kier molecular flexibility index (Phi) is 6.43. The van der Waals surface area contributed by atoms with Crippen LogP contribution in [0.5, 0.6) is 0 Å². The standard InChI is InChI=1S/C18H26N2S/c1-15(2)10-19-11-17-6-4-5-7-18(17)13-20(3)12-16-8-9-21-14-16/h4-9,14-15,19H,10-13H2,1-3H3. The number of nitrogens with zero attached hydrogens (tertiary/aromatic N) is 1. The summed E-state index contributed by atoms with van der Waals surface area (Å²) in [6.07, 6.45) is 0. The first kappa shape index (κ1) is 16.2. The van der Waals surface area contributed by atoms with Crippen molar-refractivity contribution in [3.05, 3.63) is 57.8 Å². The second-order valence-corrected chi connectivity index (χ2v) is 6.88. The summed E-state index contributed by atoms with van der Waals surface area (Å²) in [6, 6.07) is 11.0. The van der Waals surface area contributed by atoms with E-state index in [2.05, 4.69) is 72.2 Å². The highest BCUT2D eigenvalue weighted by atomic mass is 32.1. The Bertz CT molecular complexity index is 520. The van der Waals surface area contributed by atoms with Gasteiger partial charge in [-0.15, -0.1) is 0 Å². The lowest BCUT2D eigenvalue weighted by atomic mass is 10.1. The molecule has 0 aliphatic carbocycles. The van der Waals surface area contributed by atoms with Crippen LogP contribution in [0.3, 0.4) is 0 Å². The smallest absolute Gasteiger partial charge is 0.0242 e. The fraction of sp³-hybridized carbons (Fsp3) is 0.444. The number of benzene rings is 1. The molecule has 0 aliphatic rings. The Morgan fingerprint density at radius 2 is 1.86 bits per heavy atom. The van der Waals surface area contributed by atoms with Gasteiger partial charge in [0.15, 0.2) is 0 Å². The molecule has 0 bridgehead atoms. The van der Waals surface area contributed by atoms with E-state index in [1.165, 1.54) is 16.7 Å². The first-order valence-electron chi connectivity index (χ1n) is 7.62. The van der Waals surface area contributed by atoms with Crippen LogP contribution in [0.4, 0.5) is 0 Å². The van der Waals surface area contributed by atoms with E-state index >= 15 is 0 Å². The van der Waals surface area contributed by atoms with Crippen molar-refractivity contribution in [3.63, 3.8) is 0 Å². The maximum atomic E-state index is 3.54. The molecular weight excluding hydrogens is 276 g/mol. The van der Waals surface area contributed by atoms with Crippen LogP contribution in [0, 0.1) is 5.92 Å². The van der Waals surface area contributed by atoms with Crippen LogP contribution in [0.1, 0.15) is 30.5 Å². The zero-order valence-corrected chi connectivity index (χ0v) is 14.1. The lowest BCUT2D eigenvalue weighted by Gasteiger charge is -2.19. The molecule has 3 heteroatoms. The van der Waals surface area contributed by atoms with Gasteiger partial charge in [0.1, 0.15) is 0 Å². The van der Waals surface area contributed by atoms with Crippen molar-refractivity contribution >= 4 is 11.3 Å². The van der Waals surface area contributed by atoms with Gasteiger partial charge in [-0.25, -0.2) is 0 Å². The molecule has 0 saturated carbocycles. The molecule has 0 atom stereocenters. The van der Waals surface area contributed by atoms with Crippen molar-refractivity contribution in [2.24, 2.45) is 5.92 Å². The Balaban J connectivity index is 1.92. The van der Waals surface area contributed by atoms with Crippen LogP contribution < -0.4 is 5.32 Å². The second-order valence-electron chi connectivity index (χ2n) is 6.10. The summed E-state index contributed by atoms with van der Waals surface area (Å²) in [4.78, 5) is 2.38. The molecule has 0 radical (unpaired) electrons. The van der Waals surface area contributed by atoms with E-state index in [0.29, 0.717) is 5.92 Å². The molecular formula is C18H26N2S. The second kappa shape index (κ2) is 8.32. The van der Waals surface area contributed by atoms with Gasteiger partial charge in [0.05, 0.1) is 0 Å². The number of thiophene rings is 1. The van der Waals surface area contributed by atoms with E-state index in [9.17, 15) is 0 Å². The Morgan fingerprint density at radius 1 is 1.10 bits per heavy atom. The third kappa shape index (κ3) is 5.62. The Morgan fingerprint density at radius 3 is 2.52 bits per heavy atom. The molecule has 0 spiro atoms. The van der Waals surface area contributed by atoms with Gasteiger partial charge in [-0.2, -0.15) is 11.3 Å². The molecule has 0 saturated heterocycles. The van der Waals surface area contributed by atoms with Crippen molar-refractivity contribution in [2.75, 3.05) is 13.6 Å². The number of nitrogens with one attached hydrogen (secondary N) is 1. The predicted molar refractivity (Wildman–Crippen MR) is 92.5 cm³/mol. The van der Waals surface area contributed by atoms with E-state index in [-0.39, 0.29) is 0 Å². The summed E-state index contributed by atoms with van der Waals surface area (Å²) < 4.78 is 0. The van der Waals surface area contributed by atoms with E-state index in [0.717, 1.165) is 26.2 Å². The first-order valence-corrected chi connectivity index (χ1v) is 8.56. The average Bonchev–Trinajstić information content (AvgIpc) is 2.93. The van der Waals surface area contributed by atoms with E-state index in [4.69, 9.17) is 0 Å². The minimum atomic E-state index is 0.693. The molecule has 2 nitrogen and oxygen atoms in total. The normalized spacial score (nSPS) is 11.5. The van der Waals surface area contributed by atoms with Gasteiger partial charge >= 0.3 is 0 Å². The quantitative estimate of drug-likeness (QED) is 0.789. The molecule has 0 unspecified atom stereocenters. The van der Waals surface area contributed by atoms with Gasteiger partial charge in [-0.3, -0.25) is 4.90 Å². The van der Waals surface area contributed by atoms with Crippen LogP contribution in [0.2, 0.25) is 0 Å². The fourth-order valence-corrected chi connectivity index (χ4v) is 3.08. The molecule has 1 aromatic heterocycles. The van der Waals surface area contributed by atoms with Gasteiger partial charge in [0.25, 0.3) is 0 Å². The minimum Gasteiger partial charge on any atom is -0.312 e. The molecule has 0 fully saturated rings. The molecule has 0 aliphatic heterocycles. The van der Waals surface area contributed by atoms with E-state index in [1.807, 2.05) is 0 Å². The highest BCUT2D eigenvalue weighted by molar-refractivity contribution is 7.07. The molecule has 21 heavy (non-hydrogen) atoms. The summed E-state index contributed by atoms with van der Waals surface area (Å²) in [5, 5.41) is 7.92. The summed E-state index contributed by atoms with van der Waals surface area (Å²) in [5.74, 6) is 0.693. The molecule has 2 aromatic rings. The first-order chi connectivity index (χ1) is 10.1. The van der Waals surface area contributed by atoms with Crippen molar-refractivity contribution in [3.8, 4) is 0 Å². The third-order valence-corrected chi connectivity index (χ3v) is 4.19. The number of hydrogen-bond donors (Lipinski definition) is 1. The van der Waals surface area contributed by atoms with Crippen molar-refractivity contribution in [2.45, 2.75) is 33.5 Å². The maximum absolute atomic E-state index is 3.54. The van der Waals surface area contributed by atoms with Gasteiger partial charge in [-0.1, -0.05) is 38.1 Å². The monoisotopic (exact) mass is 302 g/mol. The summed E-state index contributed by atoms with van der Waals surface area (Å²) in [5.41, 5.74) is 4.24. The van der Waals surface area contributed by atoms with Crippen LogP contribution in [0.15, 0.2) is 41.1 Å². The Labute approximate surface area is 132 Å². The SMILES string of the molecule is CC(C)CNCc1ccccc1CN(C)Cc1ccsc1. The van der Waals surface area contributed by atoms with Crippen LogP contribution >= 0.6 is 11.3 Å². The number of rotatable bonds is 8. The zero-order valence-electron chi connectivity index (χ0n) is 13.3. The molecule has 2 rings (SSSR count). The highest BCUT2D eigenvalue weighted by Gasteiger charge is 2.06. The Hall–Kier alpha value is -1.16. The lowest BCUT2D eigenvalue weighted by Crippen LogP contribution is -2.22. The average molecular weight is 302 g/mol. The maximum Gasteiger partial charge on any atom is 0.0242 e. The van der Waals surface area contributed by atoms with E-state index < -0.39 is 0 Å². The van der Waals surface area contributed by atoms with Crippen LogP contribution in [-0.4, -0.2) is 18.5 Å². The van der Waals surface area contributed by atoms with E-state index in [1.54, 1.807) is 11.3 Å². The summed E-state index contributed by atoms with van der Waals surface area (Å²) >= 11 is 1.77. The summed E-state index contributed by atoms with van der Waals surface area (Å²) in [7, 11) is 2.19. The predicted octanol–water partition coefficient (Wildman–Crippen LogP) is 4.13. The zero-order chi connectivity index (χ0) is 15.1. The summed E-state index contributed by atoms with van der Waals surface area (Å²) in [6.45, 7) is 8.52. The van der Waals surface area contributed by atoms with Gasteiger partial charge in [0, 0.05) is 19.6 Å². The topological polar surface area (TPSA) is 15.3 Å². The number of hydrogen-bond acceptors (Lipinski definition) is 3. The molecule has 0 amide bonds. The highest BCUT2D eigenvalue weighted by Crippen LogP contribution is 2.14. The molecule has 1 N–H and O–H groups in total. The molecule has 114 valence electrons. The molecule has 1 aromatic carbocycles. The lowest BCUT2D eigenvalue weighted by molar-refractivity contribution is 0.318. The van der Waals surface area contributed by atoms with Gasteiger partial charge < -0.3 is 5.32 Å². The van der Waals surface area contributed by atoms with Crippen LogP contribution in [-0.2, 0) is 19.6 Å². The third-order valence-electron chi connectivity index (χ3n) is 3.46. The largest absolute Gasteiger partial charge is 0.312 e. The van der Waals surface area contributed by atoms with Crippen molar-refractivity contribution in [1.82, 2.24) is 10.2 Å². The minimum absolute atomic E-state index is 0.693. The van der Waals surface area contributed by atoms with Crippen molar-refractivity contribution in [1.29, 1.82) is 0 Å².